The Bertz CT molecular complexity index is 867. The maximum Gasteiger partial charge on any atom is 0.350 e. The number of esters is 2. The van der Waals surface area contributed by atoms with Crippen molar-refractivity contribution in [3.63, 3.8) is 0 Å². The fourth-order valence-corrected chi connectivity index (χ4v) is 3.62. The predicted octanol–water partition coefficient (Wildman–Crippen LogP) is 2.78. The third-order valence-corrected chi connectivity index (χ3v) is 5.18. The molecule has 1 N–H and O–H groups in total. The van der Waals surface area contributed by atoms with E-state index in [-0.39, 0.29) is 17.4 Å². The number of piperazine rings is 1. The molecular weight excluding hydrogens is 410 g/mol. The molecule has 0 bridgehead atoms. The van der Waals surface area contributed by atoms with E-state index < -0.39 is 17.7 Å². The van der Waals surface area contributed by atoms with Crippen LogP contribution in [0.5, 0.6) is 0 Å². The van der Waals surface area contributed by atoms with Crippen LogP contribution >= 0.6 is 11.6 Å². The monoisotopic (exact) mass is 435 g/mol. The van der Waals surface area contributed by atoms with Crippen LogP contribution in [0.2, 0.25) is 5.02 Å². The number of halogens is 1. The molecule has 2 aliphatic heterocycles. The van der Waals surface area contributed by atoms with Crippen molar-refractivity contribution in [3.05, 3.63) is 35.0 Å². The first-order chi connectivity index (χ1) is 14.1. The van der Waals surface area contributed by atoms with Crippen LogP contribution in [0.15, 0.2) is 30.0 Å². The van der Waals surface area contributed by atoms with Crippen LogP contribution in [0.4, 0.5) is 11.4 Å². The normalized spacial score (nSPS) is 18.8. The van der Waals surface area contributed by atoms with Gasteiger partial charge in [-0.15, -0.1) is 0 Å². The minimum Gasteiger partial charge on any atom is -0.419 e. The lowest BCUT2D eigenvalue weighted by Gasteiger charge is -2.37. The first-order valence-electron chi connectivity index (χ1n) is 9.84. The molecular formula is C21H26ClN3O5. The molecule has 0 aliphatic carbocycles. The standard InChI is InChI=1S/C21H26ClN3O5/c1-13(2)18(26)25-9-7-24(8-10-25)17-6-5-14(11-16(17)22)23-12-15-19(27)29-21(3,4)30-20(15)28/h5-6,11-13,23H,7-10H2,1-4H3. The summed E-state index contributed by atoms with van der Waals surface area (Å²) in [7, 11) is 0. The molecule has 1 amide bonds. The van der Waals surface area contributed by atoms with Gasteiger partial charge in [-0.2, -0.15) is 0 Å². The lowest BCUT2D eigenvalue weighted by molar-refractivity contribution is -0.222. The number of anilines is 2. The van der Waals surface area contributed by atoms with Crippen molar-refractivity contribution in [3.8, 4) is 0 Å². The second-order valence-corrected chi connectivity index (χ2v) is 8.42. The molecule has 1 aromatic rings. The van der Waals surface area contributed by atoms with Gasteiger partial charge in [0.05, 0.1) is 10.7 Å². The average molecular weight is 436 g/mol. The summed E-state index contributed by atoms with van der Waals surface area (Å²) in [5.41, 5.74) is 1.25. The number of hydrogen-bond donors (Lipinski definition) is 1. The van der Waals surface area contributed by atoms with E-state index in [1.807, 2.05) is 24.8 Å². The summed E-state index contributed by atoms with van der Waals surface area (Å²) in [6.07, 6.45) is 1.25. The minimum absolute atomic E-state index is 0.00980. The Balaban J connectivity index is 1.64. The van der Waals surface area contributed by atoms with Gasteiger partial charge in [0.15, 0.2) is 5.57 Å². The van der Waals surface area contributed by atoms with Gasteiger partial charge in [0.25, 0.3) is 5.79 Å². The summed E-state index contributed by atoms with van der Waals surface area (Å²) in [6.45, 7) is 9.49. The van der Waals surface area contributed by atoms with Crippen LogP contribution in [0.1, 0.15) is 27.7 Å². The maximum atomic E-state index is 12.1. The second-order valence-electron chi connectivity index (χ2n) is 8.01. The molecule has 0 saturated carbocycles. The van der Waals surface area contributed by atoms with E-state index in [0.717, 1.165) is 5.69 Å². The number of carbonyl (C=O) groups excluding carboxylic acids is 3. The number of nitrogens with one attached hydrogen (secondary N) is 1. The number of nitrogens with zero attached hydrogens (tertiary/aromatic N) is 2. The Morgan fingerprint density at radius 3 is 2.27 bits per heavy atom. The lowest BCUT2D eigenvalue weighted by atomic mass is 10.1. The van der Waals surface area contributed by atoms with E-state index in [1.165, 1.54) is 20.0 Å². The first-order valence-corrected chi connectivity index (χ1v) is 10.2. The van der Waals surface area contributed by atoms with E-state index in [2.05, 4.69) is 10.2 Å². The van der Waals surface area contributed by atoms with Crippen LogP contribution in [0, 0.1) is 5.92 Å². The SMILES string of the molecule is CC(C)C(=O)N1CCN(c2ccc(NC=C3C(=O)OC(C)(C)OC3=O)cc2Cl)CC1. The Hall–Kier alpha value is -2.74. The van der Waals surface area contributed by atoms with Gasteiger partial charge in [0.2, 0.25) is 5.91 Å². The summed E-state index contributed by atoms with van der Waals surface area (Å²) in [5, 5.41) is 3.41. The Morgan fingerprint density at radius 2 is 1.73 bits per heavy atom. The van der Waals surface area contributed by atoms with E-state index in [0.29, 0.717) is 36.9 Å². The zero-order valence-corrected chi connectivity index (χ0v) is 18.3. The number of benzene rings is 1. The molecule has 2 heterocycles. The van der Waals surface area contributed by atoms with Crippen molar-refractivity contribution < 1.29 is 23.9 Å². The van der Waals surface area contributed by atoms with Crippen LogP contribution in [-0.4, -0.2) is 54.7 Å². The Labute approximate surface area is 180 Å². The molecule has 0 aromatic heterocycles. The highest BCUT2D eigenvalue weighted by Crippen LogP contribution is 2.30. The number of hydrogen-bond acceptors (Lipinski definition) is 7. The van der Waals surface area contributed by atoms with Gasteiger partial charge in [-0.05, 0) is 18.2 Å². The molecule has 162 valence electrons. The van der Waals surface area contributed by atoms with Crippen LogP contribution in [0.25, 0.3) is 0 Å². The number of ether oxygens (including phenoxy) is 2. The van der Waals surface area contributed by atoms with Gasteiger partial charge in [0.1, 0.15) is 0 Å². The number of carbonyl (C=O) groups is 3. The summed E-state index contributed by atoms with van der Waals surface area (Å²) in [5.74, 6) is -2.62. The smallest absolute Gasteiger partial charge is 0.350 e. The zero-order chi connectivity index (χ0) is 22.1. The van der Waals surface area contributed by atoms with Crippen LogP contribution < -0.4 is 10.2 Å². The lowest BCUT2D eigenvalue weighted by Crippen LogP contribution is -2.50. The molecule has 0 unspecified atom stereocenters. The van der Waals surface area contributed by atoms with Gasteiger partial charge in [0, 0.05) is 57.8 Å². The summed E-state index contributed by atoms with van der Waals surface area (Å²) < 4.78 is 10.1. The van der Waals surface area contributed by atoms with Gasteiger partial charge in [-0.3, -0.25) is 4.79 Å². The number of amides is 1. The van der Waals surface area contributed by atoms with Crippen molar-refractivity contribution in [1.82, 2.24) is 4.90 Å². The molecule has 2 saturated heterocycles. The molecule has 2 aliphatic rings. The van der Waals surface area contributed by atoms with Gasteiger partial charge in [-0.1, -0.05) is 25.4 Å². The molecule has 1 aromatic carbocycles. The zero-order valence-electron chi connectivity index (χ0n) is 17.5. The average Bonchev–Trinajstić information content (AvgIpc) is 2.66. The Kier molecular flexibility index (Phi) is 6.26. The fraction of sp³-hybridized carbons (Fsp3) is 0.476. The number of cyclic esters (lactones) is 2. The predicted molar refractivity (Wildman–Crippen MR) is 113 cm³/mol. The Morgan fingerprint density at radius 1 is 1.13 bits per heavy atom. The highest BCUT2D eigenvalue weighted by Gasteiger charge is 2.39. The highest BCUT2D eigenvalue weighted by atomic mass is 35.5. The highest BCUT2D eigenvalue weighted by molar-refractivity contribution is 6.33. The second kappa shape index (κ2) is 8.55. The topological polar surface area (TPSA) is 88.2 Å². The molecule has 0 atom stereocenters. The molecule has 9 heteroatoms. The molecule has 2 fully saturated rings. The number of rotatable bonds is 4. The van der Waals surface area contributed by atoms with E-state index >= 15 is 0 Å². The van der Waals surface area contributed by atoms with E-state index in [1.54, 1.807) is 12.1 Å². The largest absolute Gasteiger partial charge is 0.419 e. The summed E-state index contributed by atoms with van der Waals surface area (Å²) >= 11 is 6.46. The molecule has 3 rings (SSSR count). The van der Waals surface area contributed by atoms with Crippen molar-refractivity contribution in [1.29, 1.82) is 0 Å². The molecule has 0 spiro atoms. The summed E-state index contributed by atoms with van der Waals surface area (Å²) in [6, 6.07) is 5.38. The van der Waals surface area contributed by atoms with E-state index in [4.69, 9.17) is 21.1 Å². The molecule has 30 heavy (non-hydrogen) atoms. The quantitative estimate of drug-likeness (QED) is 0.442. The minimum atomic E-state index is -1.28. The van der Waals surface area contributed by atoms with Gasteiger partial charge < -0.3 is 24.6 Å². The first kappa shape index (κ1) is 22.0. The van der Waals surface area contributed by atoms with Crippen LogP contribution in [-0.2, 0) is 23.9 Å². The van der Waals surface area contributed by atoms with Crippen molar-refractivity contribution >= 4 is 40.8 Å². The van der Waals surface area contributed by atoms with Crippen molar-refractivity contribution in [2.45, 2.75) is 33.5 Å². The maximum absolute atomic E-state index is 12.1. The van der Waals surface area contributed by atoms with Crippen molar-refractivity contribution in [2.24, 2.45) is 5.92 Å². The third-order valence-electron chi connectivity index (χ3n) is 4.87. The van der Waals surface area contributed by atoms with Crippen LogP contribution in [0.3, 0.4) is 0 Å². The van der Waals surface area contributed by atoms with Crippen molar-refractivity contribution in [2.75, 3.05) is 36.4 Å². The van der Waals surface area contributed by atoms with Gasteiger partial charge in [-0.25, -0.2) is 9.59 Å². The summed E-state index contributed by atoms with van der Waals surface area (Å²) in [4.78, 5) is 40.1. The fourth-order valence-electron chi connectivity index (χ4n) is 3.32. The molecule has 8 nitrogen and oxygen atoms in total. The van der Waals surface area contributed by atoms with E-state index in [9.17, 15) is 14.4 Å². The van der Waals surface area contributed by atoms with Gasteiger partial charge >= 0.3 is 11.9 Å². The molecule has 0 radical (unpaired) electrons. The third kappa shape index (κ3) is 4.87.